The predicted octanol–water partition coefficient (Wildman–Crippen LogP) is 8.14. The fraction of sp³-hybridized carbons (Fsp3) is 0.649. The summed E-state index contributed by atoms with van der Waals surface area (Å²) in [5.74, 6) is 4.67. The smallest absolute Gasteiger partial charge is 0.414 e. The van der Waals surface area contributed by atoms with Crippen molar-refractivity contribution in [3.63, 3.8) is 0 Å². The lowest BCUT2D eigenvalue weighted by Gasteiger charge is -2.48. The first-order valence-electron chi connectivity index (χ1n) is 16.7. The van der Waals surface area contributed by atoms with E-state index >= 15 is 0 Å². The molecule has 242 valence electrons. The molecule has 1 saturated carbocycles. The number of carbonyl (C=O) groups is 3. The van der Waals surface area contributed by atoms with Crippen LogP contribution in [0.4, 0.5) is 4.79 Å². The van der Waals surface area contributed by atoms with Crippen LogP contribution in [0.5, 0.6) is 0 Å². The Labute approximate surface area is 267 Å². The lowest BCUT2D eigenvalue weighted by molar-refractivity contribution is -0.126. The molecule has 1 amide bonds. The minimum absolute atomic E-state index is 0.0871. The summed E-state index contributed by atoms with van der Waals surface area (Å²) < 4.78 is 6.38. The van der Waals surface area contributed by atoms with Crippen molar-refractivity contribution < 1.29 is 24.2 Å². The number of hydrogen-bond donors (Lipinski definition) is 1. The van der Waals surface area contributed by atoms with Gasteiger partial charge in [0.25, 0.3) is 0 Å². The number of aliphatic hydroxyl groups is 1. The van der Waals surface area contributed by atoms with Crippen LogP contribution in [-0.2, 0) is 19.7 Å². The molecule has 0 radical (unpaired) electrons. The molecule has 2 aliphatic rings. The monoisotopic (exact) mass is 621 g/mol. The van der Waals surface area contributed by atoms with E-state index in [0.29, 0.717) is 11.6 Å². The Kier molecular flexibility index (Phi) is 12.2. The van der Waals surface area contributed by atoms with Crippen molar-refractivity contribution in [2.75, 3.05) is 0 Å². The Morgan fingerprint density at radius 2 is 1.61 bits per heavy atom. The molecular weight excluding hydrogens is 566 g/mol. The van der Waals surface area contributed by atoms with E-state index in [9.17, 15) is 19.5 Å². The first-order chi connectivity index (χ1) is 20.7. The van der Waals surface area contributed by atoms with E-state index < -0.39 is 32.1 Å². The largest absolute Gasteiger partial charge is 0.446 e. The predicted molar refractivity (Wildman–Crippen MR) is 180 cm³/mol. The SMILES string of the molecule is CCCC#CC(=O)[C@H](O)[C@H]1CC(=O)C([Si](C(C)C)(C(C)C)C(C)C)=CN1C(=O)O[C@H]1CCCC[C@@H]1C(C)(C)c1ccccc1. The van der Waals surface area contributed by atoms with Crippen molar-refractivity contribution in [1.82, 2.24) is 4.90 Å². The molecule has 3 rings (SSSR count). The van der Waals surface area contributed by atoms with Gasteiger partial charge in [-0.1, -0.05) is 105 Å². The van der Waals surface area contributed by atoms with Gasteiger partial charge in [0.15, 0.2) is 5.78 Å². The standard InChI is InChI=1S/C37H55NO5Si/c1-10-11-13-21-31(39)35(41)30-23-32(40)34(44(25(2)3,26(4)5)27(6)7)24-38(30)36(42)43-33-22-17-16-20-29(33)37(8,9)28-18-14-12-15-19-28/h12,14-15,18-19,24-27,29-30,33,35,41H,10-11,16-17,20,22-23H2,1-9H3/t29-,30+,33-,35+/m0/s1. The minimum Gasteiger partial charge on any atom is -0.446 e. The quantitative estimate of drug-likeness (QED) is 0.162. The zero-order chi connectivity index (χ0) is 32.8. The first-order valence-corrected chi connectivity index (χ1v) is 18.9. The Morgan fingerprint density at radius 3 is 2.18 bits per heavy atom. The molecule has 0 unspecified atom stereocenters. The van der Waals surface area contributed by atoms with E-state index in [2.05, 4.69) is 79.4 Å². The number of nitrogens with zero attached hydrogens (tertiary/aromatic N) is 1. The average molecular weight is 622 g/mol. The van der Waals surface area contributed by atoms with Crippen LogP contribution in [0.15, 0.2) is 41.7 Å². The molecule has 0 saturated heterocycles. The van der Waals surface area contributed by atoms with Crippen LogP contribution in [0.3, 0.4) is 0 Å². The molecular formula is C37H55NO5Si. The molecule has 1 aliphatic carbocycles. The summed E-state index contributed by atoms with van der Waals surface area (Å²) in [6.45, 7) is 19.4. The summed E-state index contributed by atoms with van der Waals surface area (Å²) in [6.07, 6.45) is 4.01. The highest BCUT2D eigenvalue weighted by Crippen LogP contribution is 2.49. The second-order valence-electron chi connectivity index (χ2n) is 14.3. The third-order valence-corrected chi connectivity index (χ3v) is 17.6. The third kappa shape index (κ3) is 7.23. The second-order valence-corrected chi connectivity index (χ2v) is 20.2. The van der Waals surface area contributed by atoms with Crippen LogP contribution in [0, 0.1) is 17.8 Å². The first kappa shape index (κ1) is 35.8. The summed E-state index contributed by atoms with van der Waals surface area (Å²) in [6, 6.07) is 9.28. The molecule has 4 atom stereocenters. The molecule has 1 N–H and O–H groups in total. The number of hydrogen-bond acceptors (Lipinski definition) is 5. The molecule has 1 heterocycles. The fourth-order valence-corrected chi connectivity index (χ4v) is 15.1. The van der Waals surface area contributed by atoms with E-state index in [1.165, 1.54) is 10.5 Å². The molecule has 0 spiro atoms. The normalized spacial score (nSPS) is 22.0. The van der Waals surface area contributed by atoms with E-state index in [4.69, 9.17) is 4.74 Å². The summed E-state index contributed by atoms with van der Waals surface area (Å²) in [5, 5.41) is 12.0. The molecule has 1 aliphatic heterocycles. The topological polar surface area (TPSA) is 83.9 Å². The number of aliphatic hydroxyl groups excluding tert-OH is 1. The minimum atomic E-state index is -2.47. The van der Waals surface area contributed by atoms with Crippen molar-refractivity contribution >= 4 is 25.7 Å². The van der Waals surface area contributed by atoms with Gasteiger partial charge in [-0.3, -0.25) is 14.5 Å². The number of ether oxygens (including phenoxy) is 1. The van der Waals surface area contributed by atoms with Gasteiger partial charge in [0.2, 0.25) is 5.78 Å². The Bertz CT molecular complexity index is 1230. The van der Waals surface area contributed by atoms with Crippen molar-refractivity contribution in [2.45, 2.75) is 148 Å². The van der Waals surface area contributed by atoms with E-state index in [-0.39, 0.29) is 46.3 Å². The number of allylic oxidation sites excluding steroid dienone is 1. The number of ketones is 2. The van der Waals surface area contributed by atoms with Gasteiger partial charge in [0, 0.05) is 25.0 Å². The zero-order valence-corrected chi connectivity index (χ0v) is 29.5. The van der Waals surface area contributed by atoms with Crippen molar-refractivity contribution in [1.29, 1.82) is 0 Å². The summed E-state index contributed by atoms with van der Waals surface area (Å²) in [7, 11) is -2.47. The van der Waals surface area contributed by atoms with Crippen molar-refractivity contribution in [2.24, 2.45) is 5.92 Å². The molecule has 6 nitrogen and oxygen atoms in total. The van der Waals surface area contributed by atoms with E-state index in [0.717, 1.165) is 32.1 Å². The van der Waals surface area contributed by atoms with Crippen LogP contribution >= 0.6 is 0 Å². The second kappa shape index (κ2) is 15.1. The maximum absolute atomic E-state index is 14.3. The van der Waals surface area contributed by atoms with Gasteiger partial charge >= 0.3 is 6.09 Å². The maximum atomic E-state index is 14.3. The third-order valence-electron chi connectivity index (χ3n) is 10.5. The highest BCUT2D eigenvalue weighted by atomic mass is 28.3. The molecule has 7 heteroatoms. The maximum Gasteiger partial charge on any atom is 0.414 e. The van der Waals surface area contributed by atoms with Crippen LogP contribution in [0.25, 0.3) is 0 Å². The lowest BCUT2D eigenvalue weighted by atomic mass is 9.66. The van der Waals surface area contributed by atoms with E-state index in [1.54, 1.807) is 6.20 Å². The van der Waals surface area contributed by atoms with Crippen molar-refractivity contribution in [3.8, 4) is 11.8 Å². The fourth-order valence-electron chi connectivity index (χ4n) is 8.30. The summed E-state index contributed by atoms with van der Waals surface area (Å²) in [5.41, 5.74) is 1.70. The van der Waals surface area contributed by atoms with Crippen molar-refractivity contribution in [3.05, 3.63) is 47.3 Å². The Hall–Kier alpha value is -2.69. The van der Waals surface area contributed by atoms with Gasteiger partial charge in [0.05, 0.1) is 6.04 Å². The van der Waals surface area contributed by atoms with Crippen LogP contribution in [0.2, 0.25) is 16.6 Å². The van der Waals surface area contributed by atoms with Crippen LogP contribution < -0.4 is 0 Å². The number of carbonyl (C=O) groups excluding carboxylic acids is 3. The molecule has 0 aromatic heterocycles. The van der Waals surface area contributed by atoms with E-state index in [1.807, 2.05) is 25.1 Å². The van der Waals surface area contributed by atoms with Gasteiger partial charge in [-0.2, -0.15) is 0 Å². The van der Waals surface area contributed by atoms with Crippen LogP contribution in [0.1, 0.15) is 113 Å². The number of unbranched alkanes of at least 4 members (excludes halogenated alkanes) is 1. The molecule has 44 heavy (non-hydrogen) atoms. The molecule has 1 fully saturated rings. The Morgan fingerprint density at radius 1 is 1.02 bits per heavy atom. The van der Waals surface area contributed by atoms with Gasteiger partial charge < -0.3 is 9.84 Å². The molecule has 0 bridgehead atoms. The summed E-state index contributed by atoms with van der Waals surface area (Å²) in [4.78, 5) is 42.6. The number of amides is 1. The zero-order valence-electron chi connectivity index (χ0n) is 28.5. The van der Waals surface area contributed by atoms with Gasteiger partial charge in [-0.25, -0.2) is 4.79 Å². The average Bonchev–Trinajstić information content (AvgIpc) is 2.97. The van der Waals surface area contributed by atoms with Gasteiger partial charge in [-0.15, -0.1) is 0 Å². The van der Waals surface area contributed by atoms with Crippen LogP contribution in [-0.4, -0.2) is 54.0 Å². The highest BCUT2D eigenvalue weighted by Gasteiger charge is 2.52. The summed E-state index contributed by atoms with van der Waals surface area (Å²) >= 11 is 0. The lowest BCUT2D eigenvalue weighted by Crippen LogP contribution is -2.57. The number of rotatable bonds is 10. The molecule has 1 aromatic rings. The number of Topliss-reactive ketones (excluding diaryl/α,β-unsaturated/α-hetero) is 2. The Balaban J connectivity index is 2.07. The highest BCUT2D eigenvalue weighted by molar-refractivity contribution is 6.93. The molecule has 1 aromatic carbocycles. The van der Waals surface area contributed by atoms with Gasteiger partial charge in [-0.05, 0) is 64.4 Å². The number of benzene rings is 1. The van der Waals surface area contributed by atoms with Gasteiger partial charge in [0.1, 0.15) is 20.3 Å².